The number of esters is 1. The summed E-state index contributed by atoms with van der Waals surface area (Å²) in [6.07, 6.45) is 0. The lowest BCUT2D eigenvalue weighted by atomic mass is 10.0. The van der Waals surface area contributed by atoms with Crippen LogP contribution in [0.4, 0.5) is 0 Å². The van der Waals surface area contributed by atoms with Crippen molar-refractivity contribution in [3.63, 3.8) is 0 Å². The molecule has 0 bridgehead atoms. The van der Waals surface area contributed by atoms with Crippen LogP contribution in [-0.2, 0) is 4.79 Å². The van der Waals surface area contributed by atoms with Crippen LogP contribution in [0.3, 0.4) is 0 Å². The quantitative estimate of drug-likeness (QED) is 0.582. The highest BCUT2D eigenvalue weighted by Crippen LogP contribution is 2.35. The third kappa shape index (κ3) is 4.54. The van der Waals surface area contributed by atoms with Gasteiger partial charge in [-0.2, -0.15) is 0 Å². The van der Waals surface area contributed by atoms with Crippen LogP contribution in [0.5, 0.6) is 23.0 Å². The first-order valence-electron chi connectivity index (χ1n) is 9.13. The van der Waals surface area contributed by atoms with Crippen LogP contribution in [0, 0.1) is 5.92 Å². The molecule has 28 heavy (non-hydrogen) atoms. The molecule has 0 radical (unpaired) electrons. The van der Waals surface area contributed by atoms with Crippen LogP contribution in [-0.4, -0.2) is 31.3 Å². The van der Waals surface area contributed by atoms with E-state index >= 15 is 0 Å². The van der Waals surface area contributed by atoms with E-state index < -0.39 is 12.0 Å². The summed E-state index contributed by atoms with van der Waals surface area (Å²) in [6.45, 7) is 6.25. The van der Waals surface area contributed by atoms with Gasteiger partial charge >= 0.3 is 5.97 Å². The van der Waals surface area contributed by atoms with Crippen molar-refractivity contribution in [1.29, 1.82) is 0 Å². The van der Waals surface area contributed by atoms with Crippen molar-refractivity contribution in [3.8, 4) is 23.0 Å². The number of nitrogens with one attached hydrogen (secondary N) is 1. The van der Waals surface area contributed by atoms with Crippen LogP contribution in [0.2, 0.25) is 0 Å². The zero-order valence-corrected chi connectivity index (χ0v) is 16.1. The molecule has 7 nitrogen and oxygen atoms in total. The fraction of sp³-hybridized carbons (Fsp3) is 0.333. The summed E-state index contributed by atoms with van der Waals surface area (Å²) in [5.74, 6) is 1.07. The van der Waals surface area contributed by atoms with Gasteiger partial charge in [0.1, 0.15) is 17.5 Å². The van der Waals surface area contributed by atoms with E-state index in [2.05, 4.69) is 5.32 Å². The molecule has 0 fully saturated rings. The molecule has 2 aromatic carbocycles. The molecule has 148 valence electrons. The zero-order chi connectivity index (χ0) is 20.1. The van der Waals surface area contributed by atoms with Crippen molar-refractivity contribution >= 4 is 11.9 Å². The molecule has 1 atom stereocenters. The number of rotatable bonds is 7. The van der Waals surface area contributed by atoms with Gasteiger partial charge in [-0.1, -0.05) is 13.8 Å². The Morgan fingerprint density at radius 2 is 1.71 bits per heavy atom. The fourth-order valence-electron chi connectivity index (χ4n) is 2.71. The molecule has 1 heterocycles. The number of fused-ring (bicyclic) bond motifs is 1. The van der Waals surface area contributed by atoms with E-state index in [0.29, 0.717) is 35.2 Å². The average Bonchev–Trinajstić information content (AvgIpc) is 3.14. The second kappa shape index (κ2) is 8.65. The summed E-state index contributed by atoms with van der Waals surface area (Å²) in [5, 5.41) is 2.75. The first kappa shape index (κ1) is 19.5. The van der Waals surface area contributed by atoms with Crippen LogP contribution in [0.25, 0.3) is 0 Å². The Labute approximate surface area is 163 Å². The predicted molar refractivity (Wildman–Crippen MR) is 102 cm³/mol. The Kier molecular flexibility index (Phi) is 6.03. The summed E-state index contributed by atoms with van der Waals surface area (Å²) < 4.78 is 21.3. The van der Waals surface area contributed by atoms with Crippen molar-refractivity contribution in [2.45, 2.75) is 26.8 Å². The SMILES string of the molecule is CCOc1ccc(C(=O)N[C@H](C(=O)Oc2ccc3c(c2)OCO3)C(C)C)cc1. The van der Waals surface area contributed by atoms with E-state index in [1.54, 1.807) is 42.5 Å². The van der Waals surface area contributed by atoms with Crippen molar-refractivity contribution < 1.29 is 28.5 Å². The molecular weight excluding hydrogens is 362 g/mol. The number of carbonyl (C=O) groups excluding carboxylic acids is 2. The molecule has 0 saturated carbocycles. The highest BCUT2D eigenvalue weighted by molar-refractivity contribution is 5.97. The standard InChI is InChI=1S/C21H23NO6/c1-4-25-15-7-5-14(6-8-15)20(23)22-19(13(2)3)21(24)28-16-9-10-17-18(11-16)27-12-26-17/h5-11,13,19H,4,12H2,1-3H3,(H,22,23)/t19-/m0/s1. The highest BCUT2D eigenvalue weighted by atomic mass is 16.7. The molecule has 0 aliphatic carbocycles. The first-order chi connectivity index (χ1) is 13.5. The lowest BCUT2D eigenvalue weighted by Gasteiger charge is -2.21. The van der Waals surface area contributed by atoms with Gasteiger partial charge in [0, 0.05) is 11.6 Å². The van der Waals surface area contributed by atoms with Gasteiger partial charge in [0.05, 0.1) is 6.61 Å². The minimum atomic E-state index is -0.801. The molecule has 3 rings (SSSR count). The van der Waals surface area contributed by atoms with Crippen molar-refractivity contribution in [2.75, 3.05) is 13.4 Å². The van der Waals surface area contributed by atoms with Crippen LogP contribution in [0.1, 0.15) is 31.1 Å². The molecule has 1 aliphatic heterocycles. The van der Waals surface area contributed by atoms with Gasteiger partial charge in [0.2, 0.25) is 6.79 Å². The van der Waals surface area contributed by atoms with Gasteiger partial charge in [-0.3, -0.25) is 4.79 Å². The van der Waals surface area contributed by atoms with E-state index in [1.165, 1.54) is 0 Å². The van der Waals surface area contributed by atoms with Crippen molar-refractivity contribution in [3.05, 3.63) is 48.0 Å². The Balaban J connectivity index is 1.66. The first-order valence-corrected chi connectivity index (χ1v) is 9.13. The van der Waals surface area contributed by atoms with Gasteiger partial charge in [-0.15, -0.1) is 0 Å². The maximum atomic E-state index is 12.6. The normalized spacial score (nSPS) is 13.1. The lowest BCUT2D eigenvalue weighted by molar-refractivity contribution is -0.137. The summed E-state index contributed by atoms with van der Waals surface area (Å²) in [6, 6.07) is 10.8. The number of carbonyl (C=O) groups is 2. The zero-order valence-electron chi connectivity index (χ0n) is 16.1. The molecule has 0 aromatic heterocycles. The smallest absolute Gasteiger partial charge is 0.334 e. The number of amides is 1. The summed E-state index contributed by atoms with van der Waals surface area (Å²) in [5.41, 5.74) is 0.435. The van der Waals surface area contributed by atoms with Gasteiger partial charge < -0.3 is 24.3 Å². The minimum Gasteiger partial charge on any atom is -0.494 e. The molecule has 7 heteroatoms. The Hall–Kier alpha value is -3.22. The Morgan fingerprint density at radius 3 is 2.39 bits per heavy atom. The summed E-state index contributed by atoms with van der Waals surface area (Å²) in [7, 11) is 0. The monoisotopic (exact) mass is 385 g/mol. The van der Waals surface area contributed by atoms with Gasteiger partial charge in [-0.05, 0) is 49.2 Å². The molecule has 0 unspecified atom stereocenters. The second-order valence-corrected chi connectivity index (χ2v) is 6.59. The Morgan fingerprint density at radius 1 is 1.04 bits per heavy atom. The third-order valence-electron chi connectivity index (χ3n) is 4.20. The van der Waals surface area contributed by atoms with E-state index in [9.17, 15) is 9.59 Å². The maximum Gasteiger partial charge on any atom is 0.334 e. The molecule has 1 amide bonds. The molecule has 0 spiro atoms. The molecule has 0 saturated heterocycles. The molecular formula is C21H23NO6. The molecule has 1 aliphatic rings. The second-order valence-electron chi connectivity index (χ2n) is 6.59. The van der Waals surface area contributed by atoms with Crippen LogP contribution >= 0.6 is 0 Å². The van der Waals surface area contributed by atoms with Gasteiger partial charge in [-0.25, -0.2) is 4.79 Å². The number of hydrogen-bond acceptors (Lipinski definition) is 6. The largest absolute Gasteiger partial charge is 0.494 e. The maximum absolute atomic E-state index is 12.6. The van der Waals surface area contributed by atoms with E-state index in [4.69, 9.17) is 18.9 Å². The lowest BCUT2D eigenvalue weighted by Crippen LogP contribution is -2.46. The predicted octanol–water partition coefficient (Wildman–Crippen LogP) is 3.17. The minimum absolute atomic E-state index is 0.138. The van der Waals surface area contributed by atoms with Gasteiger partial charge in [0.15, 0.2) is 11.5 Å². The van der Waals surface area contributed by atoms with Crippen molar-refractivity contribution in [1.82, 2.24) is 5.32 Å². The highest BCUT2D eigenvalue weighted by Gasteiger charge is 2.27. The Bertz CT molecular complexity index is 846. The van der Waals surface area contributed by atoms with Crippen LogP contribution in [0.15, 0.2) is 42.5 Å². The van der Waals surface area contributed by atoms with Crippen LogP contribution < -0.4 is 24.3 Å². The van der Waals surface area contributed by atoms with E-state index in [1.807, 2.05) is 20.8 Å². The summed E-state index contributed by atoms with van der Waals surface area (Å²) in [4.78, 5) is 25.2. The number of hydrogen-bond donors (Lipinski definition) is 1. The number of benzene rings is 2. The molecule has 1 N–H and O–H groups in total. The van der Waals surface area contributed by atoms with Crippen molar-refractivity contribution in [2.24, 2.45) is 5.92 Å². The number of ether oxygens (including phenoxy) is 4. The summed E-state index contributed by atoms with van der Waals surface area (Å²) >= 11 is 0. The average molecular weight is 385 g/mol. The fourth-order valence-corrected chi connectivity index (χ4v) is 2.71. The van der Waals surface area contributed by atoms with E-state index in [0.717, 1.165) is 0 Å². The molecule has 2 aromatic rings. The van der Waals surface area contributed by atoms with E-state index in [-0.39, 0.29) is 18.6 Å². The van der Waals surface area contributed by atoms with Gasteiger partial charge in [0.25, 0.3) is 5.91 Å². The third-order valence-corrected chi connectivity index (χ3v) is 4.20. The topological polar surface area (TPSA) is 83.1 Å².